The number of anilines is 1. The number of nitrogens with one attached hydrogen (secondary N) is 1. The Morgan fingerprint density at radius 2 is 2.26 bits per heavy atom. The predicted molar refractivity (Wildman–Crippen MR) is 76.6 cm³/mol. The van der Waals surface area contributed by atoms with Crippen LogP contribution in [0.2, 0.25) is 0 Å². The minimum atomic E-state index is -0.256. The number of thiophene rings is 1. The van der Waals surface area contributed by atoms with Crippen LogP contribution >= 0.6 is 23.1 Å². The van der Waals surface area contributed by atoms with Crippen molar-refractivity contribution in [3.63, 3.8) is 0 Å². The van der Waals surface area contributed by atoms with Gasteiger partial charge in [0.2, 0.25) is 5.91 Å². The monoisotopic (exact) mass is 295 g/mol. The van der Waals surface area contributed by atoms with Gasteiger partial charge in [0.1, 0.15) is 17.6 Å². The number of nitrogens with zero attached hydrogens (tertiary/aromatic N) is 2. The standard InChI is InChI=1S/C12H13N3O2S2/c1-7-8(2)19-11(9(7)5-13)14-10(16)6-15-3-4-18-12(15)17/h3-4,6H2,1-2H3,(H,14,16). The molecule has 0 atom stereocenters. The van der Waals surface area contributed by atoms with E-state index in [1.807, 2.05) is 13.8 Å². The van der Waals surface area contributed by atoms with Gasteiger partial charge < -0.3 is 10.2 Å². The topological polar surface area (TPSA) is 73.2 Å². The van der Waals surface area contributed by atoms with E-state index in [-0.39, 0.29) is 17.7 Å². The zero-order valence-corrected chi connectivity index (χ0v) is 12.3. The number of hydrogen-bond donors (Lipinski definition) is 1. The average molecular weight is 295 g/mol. The van der Waals surface area contributed by atoms with E-state index in [1.165, 1.54) is 28.0 Å². The number of hydrogen-bond acceptors (Lipinski definition) is 5. The highest BCUT2D eigenvalue weighted by Gasteiger charge is 2.24. The van der Waals surface area contributed by atoms with Crippen molar-refractivity contribution in [2.45, 2.75) is 13.8 Å². The van der Waals surface area contributed by atoms with Gasteiger partial charge in [0.25, 0.3) is 5.24 Å². The lowest BCUT2D eigenvalue weighted by molar-refractivity contribution is -0.116. The SMILES string of the molecule is Cc1sc(NC(=O)CN2CCSC2=O)c(C#N)c1C. The second-order valence-corrected chi connectivity index (χ2v) is 6.45. The number of carbonyl (C=O) groups is 2. The molecule has 1 aromatic heterocycles. The predicted octanol–water partition coefficient (Wildman–Crippen LogP) is 2.34. The van der Waals surface area contributed by atoms with E-state index in [0.29, 0.717) is 17.1 Å². The number of aryl methyl sites for hydroxylation is 1. The fourth-order valence-electron chi connectivity index (χ4n) is 1.76. The minimum absolute atomic E-state index is 0.0483. The molecule has 5 nitrogen and oxygen atoms in total. The summed E-state index contributed by atoms with van der Waals surface area (Å²) in [5.41, 5.74) is 1.41. The van der Waals surface area contributed by atoms with Crippen molar-refractivity contribution >= 4 is 39.2 Å². The molecule has 1 aliphatic rings. The number of nitriles is 1. The molecule has 0 spiro atoms. The summed E-state index contributed by atoms with van der Waals surface area (Å²) in [6, 6.07) is 2.10. The molecule has 0 unspecified atom stereocenters. The van der Waals surface area contributed by atoms with Crippen LogP contribution in [-0.2, 0) is 4.79 Å². The van der Waals surface area contributed by atoms with Crippen molar-refractivity contribution in [2.24, 2.45) is 0 Å². The largest absolute Gasteiger partial charge is 0.323 e. The highest BCUT2D eigenvalue weighted by molar-refractivity contribution is 8.13. The molecule has 0 aliphatic carbocycles. The van der Waals surface area contributed by atoms with Gasteiger partial charge in [0.05, 0.1) is 5.56 Å². The molecule has 0 saturated carbocycles. The molecule has 1 N–H and O–H groups in total. The third kappa shape index (κ3) is 2.91. The van der Waals surface area contributed by atoms with Crippen LogP contribution in [0.5, 0.6) is 0 Å². The van der Waals surface area contributed by atoms with E-state index in [4.69, 9.17) is 5.26 Å². The molecule has 1 aliphatic heterocycles. The molecule has 2 amide bonds. The van der Waals surface area contributed by atoms with E-state index in [2.05, 4.69) is 11.4 Å². The molecule has 7 heteroatoms. The van der Waals surface area contributed by atoms with Crippen molar-refractivity contribution < 1.29 is 9.59 Å². The zero-order chi connectivity index (χ0) is 14.0. The molecule has 1 aromatic rings. The van der Waals surface area contributed by atoms with E-state index < -0.39 is 0 Å². The lowest BCUT2D eigenvalue weighted by atomic mass is 10.2. The molecular weight excluding hydrogens is 282 g/mol. The van der Waals surface area contributed by atoms with Gasteiger partial charge in [-0.25, -0.2) is 0 Å². The van der Waals surface area contributed by atoms with Gasteiger partial charge in [0.15, 0.2) is 0 Å². The van der Waals surface area contributed by atoms with Gasteiger partial charge in [-0.15, -0.1) is 11.3 Å². The maximum Gasteiger partial charge on any atom is 0.282 e. The summed E-state index contributed by atoms with van der Waals surface area (Å²) in [5.74, 6) is 0.473. The fourth-order valence-corrected chi connectivity index (χ4v) is 3.61. The number of thioether (sulfide) groups is 1. The third-order valence-corrected chi connectivity index (χ3v) is 4.94. The van der Waals surface area contributed by atoms with Crippen molar-refractivity contribution in [1.29, 1.82) is 5.26 Å². The first-order chi connectivity index (χ1) is 9.02. The number of rotatable bonds is 3. The number of amides is 2. The van der Waals surface area contributed by atoms with Crippen LogP contribution in [-0.4, -0.2) is 34.9 Å². The van der Waals surface area contributed by atoms with E-state index in [9.17, 15) is 9.59 Å². The van der Waals surface area contributed by atoms with Crippen LogP contribution in [0, 0.1) is 25.2 Å². The summed E-state index contributed by atoms with van der Waals surface area (Å²) in [6.07, 6.45) is 0. The third-order valence-electron chi connectivity index (χ3n) is 2.93. The van der Waals surface area contributed by atoms with Crippen molar-refractivity contribution in [3.8, 4) is 6.07 Å². The molecule has 0 aromatic carbocycles. The molecule has 0 radical (unpaired) electrons. The summed E-state index contributed by atoms with van der Waals surface area (Å²) >= 11 is 2.61. The van der Waals surface area contributed by atoms with Crippen molar-refractivity contribution in [3.05, 3.63) is 16.0 Å². The molecular formula is C12H13N3O2S2. The summed E-state index contributed by atoms with van der Waals surface area (Å²) in [4.78, 5) is 25.8. The smallest absolute Gasteiger partial charge is 0.282 e. The van der Waals surface area contributed by atoms with E-state index >= 15 is 0 Å². The van der Waals surface area contributed by atoms with Crippen LogP contribution in [0.15, 0.2) is 0 Å². The van der Waals surface area contributed by atoms with E-state index in [1.54, 1.807) is 0 Å². The molecule has 0 bridgehead atoms. The quantitative estimate of drug-likeness (QED) is 0.929. The Balaban J connectivity index is 2.05. The first kappa shape index (κ1) is 13.9. The Labute approximate surface area is 119 Å². The lowest BCUT2D eigenvalue weighted by Gasteiger charge is -2.13. The van der Waals surface area contributed by atoms with Crippen LogP contribution < -0.4 is 5.32 Å². The Hall–Kier alpha value is -1.52. The molecule has 19 heavy (non-hydrogen) atoms. The van der Waals surface area contributed by atoms with Gasteiger partial charge in [-0.3, -0.25) is 9.59 Å². The van der Waals surface area contributed by atoms with Gasteiger partial charge in [-0.05, 0) is 19.4 Å². The first-order valence-corrected chi connectivity index (χ1v) is 7.54. The Bertz CT molecular complexity index is 574. The lowest BCUT2D eigenvalue weighted by Crippen LogP contribution is -2.33. The second-order valence-electron chi connectivity index (χ2n) is 4.18. The normalized spacial score (nSPS) is 14.6. The molecule has 1 saturated heterocycles. The second kappa shape index (κ2) is 5.63. The maximum atomic E-state index is 11.9. The minimum Gasteiger partial charge on any atom is -0.323 e. The highest BCUT2D eigenvalue weighted by Crippen LogP contribution is 2.31. The van der Waals surface area contributed by atoms with Crippen LogP contribution in [0.4, 0.5) is 9.80 Å². The molecule has 2 heterocycles. The number of carbonyl (C=O) groups excluding carboxylic acids is 2. The summed E-state index contributed by atoms with van der Waals surface area (Å²) in [6.45, 7) is 4.43. The Morgan fingerprint density at radius 1 is 1.53 bits per heavy atom. The van der Waals surface area contributed by atoms with Gasteiger partial charge >= 0.3 is 0 Å². The first-order valence-electron chi connectivity index (χ1n) is 5.74. The Kier molecular flexibility index (Phi) is 4.12. The van der Waals surface area contributed by atoms with Crippen LogP contribution in [0.1, 0.15) is 16.0 Å². The zero-order valence-electron chi connectivity index (χ0n) is 10.6. The maximum absolute atomic E-state index is 11.9. The van der Waals surface area contributed by atoms with E-state index in [0.717, 1.165) is 16.2 Å². The highest BCUT2D eigenvalue weighted by atomic mass is 32.2. The van der Waals surface area contributed by atoms with Crippen molar-refractivity contribution in [1.82, 2.24) is 4.90 Å². The Morgan fingerprint density at radius 3 is 2.84 bits per heavy atom. The van der Waals surface area contributed by atoms with Crippen LogP contribution in [0.3, 0.4) is 0 Å². The van der Waals surface area contributed by atoms with Crippen LogP contribution in [0.25, 0.3) is 0 Å². The van der Waals surface area contributed by atoms with Gasteiger partial charge in [0, 0.05) is 17.2 Å². The summed E-state index contributed by atoms with van der Waals surface area (Å²) in [5, 5.41) is 12.3. The fraction of sp³-hybridized carbons (Fsp3) is 0.417. The van der Waals surface area contributed by atoms with Gasteiger partial charge in [-0.1, -0.05) is 11.8 Å². The molecule has 1 fully saturated rings. The van der Waals surface area contributed by atoms with Crippen molar-refractivity contribution in [2.75, 3.05) is 24.2 Å². The summed E-state index contributed by atoms with van der Waals surface area (Å²) in [7, 11) is 0. The molecule has 2 rings (SSSR count). The van der Waals surface area contributed by atoms with Gasteiger partial charge in [-0.2, -0.15) is 5.26 Å². The summed E-state index contributed by atoms with van der Waals surface area (Å²) < 4.78 is 0. The molecule has 100 valence electrons. The average Bonchev–Trinajstić information content (AvgIpc) is 2.85.